The summed E-state index contributed by atoms with van der Waals surface area (Å²) in [5.41, 5.74) is 3.69. The minimum absolute atomic E-state index is 0.0215. The first-order valence-corrected chi connectivity index (χ1v) is 9.90. The van der Waals surface area contributed by atoms with Gasteiger partial charge in [0.1, 0.15) is 11.5 Å². The van der Waals surface area contributed by atoms with Gasteiger partial charge >= 0.3 is 6.09 Å². The molecule has 0 aliphatic heterocycles. The molecule has 2 N–H and O–H groups in total. The van der Waals surface area contributed by atoms with Crippen LogP contribution in [0.2, 0.25) is 0 Å². The summed E-state index contributed by atoms with van der Waals surface area (Å²) >= 11 is 0. The molecule has 0 bridgehead atoms. The zero-order chi connectivity index (χ0) is 20.7. The molecule has 0 spiro atoms. The van der Waals surface area contributed by atoms with Gasteiger partial charge in [0.2, 0.25) is 0 Å². The number of nitrogens with zero attached hydrogens (tertiary/aromatic N) is 1. The molecule has 0 aliphatic carbocycles. The topological polar surface area (TPSA) is 70.0 Å². The lowest BCUT2D eigenvalue weighted by Gasteiger charge is -2.22. The van der Waals surface area contributed by atoms with E-state index < -0.39 is 6.09 Å². The Morgan fingerprint density at radius 2 is 1.89 bits per heavy atom. The molecule has 0 fully saturated rings. The first kappa shape index (κ1) is 21.6. The number of phenols is 2. The van der Waals surface area contributed by atoms with Crippen molar-refractivity contribution in [2.75, 3.05) is 13.7 Å². The molecule has 28 heavy (non-hydrogen) atoms. The zero-order valence-electron chi connectivity index (χ0n) is 17.3. The predicted molar refractivity (Wildman–Crippen MR) is 112 cm³/mol. The van der Waals surface area contributed by atoms with Crippen molar-refractivity contribution in [3.8, 4) is 22.6 Å². The third kappa shape index (κ3) is 5.18. The Morgan fingerprint density at radius 1 is 1.14 bits per heavy atom. The quantitative estimate of drug-likeness (QED) is 0.597. The van der Waals surface area contributed by atoms with E-state index in [1.807, 2.05) is 31.2 Å². The maximum Gasteiger partial charge on any atom is 0.409 e. The molecule has 5 nitrogen and oxygen atoms in total. The molecule has 0 atom stereocenters. The molecule has 0 aliphatic rings. The van der Waals surface area contributed by atoms with Crippen LogP contribution in [0.1, 0.15) is 49.8 Å². The molecule has 1 amide bonds. The van der Waals surface area contributed by atoms with Crippen molar-refractivity contribution in [1.29, 1.82) is 0 Å². The molecular formula is C23H31NO4. The van der Waals surface area contributed by atoms with Gasteiger partial charge in [0.05, 0.1) is 18.7 Å². The number of hydrogen-bond acceptors (Lipinski definition) is 4. The van der Waals surface area contributed by atoms with E-state index in [0.29, 0.717) is 17.7 Å². The highest BCUT2D eigenvalue weighted by molar-refractivity contribution is 5.79. The monoisotopic (exact) mass is 385 g/mol. The second kappa shape index (κ2) is 10.0. The lowest BCUT2D eigenvalue weighted by molar-refractivity contribution is 0.114. The Bertz CT molecular complexity index is 816. The van der Waals surface area contributed by atoms with Crippen LogP contribution in [0, 0.1) is 6.92 Å². The highest BCUT2D eigenvalue weighted by atomic mass is 16.6. The number of ether oxygens (including phenoxy) is 1. The number of benzene rings is 2. The minimum atomic E-state index is -0.438. The van der Waals surface area contributed by atoms with Crippen LogP contribution in [0.5, 0.6) is 11.5 Å². The number of phenolic OH excluding ortho intramolecular Hbond substituents is 2. The van der Waals surface area contributed by atoms with E-state index in [-0.39, 0.29) is 18.0 Å². The van der Waals surface area contributed by atoms with E-state index in [0.717, 1.165) is 42.4 Å². The number of carbonyl (C=O) groups is 1. The van der Waals surface area contributed by atoms with Gasteiger partial charge in [-0.05, 0) is 43.9 Å². The average Bonchev–Trinajstić information content (AvgIpc) is 2.65. The van der Waals surface area contributed by atoms with Gasteiger partial charge in [0.25, 0.3) is 0 Å². The molecule has 0 aromatic heterocycles. The van der Waals surface area contributed by atoms with Crippen LogP contribution < -0.4 is 0 Å². The van der Waals surface area contributed by atoms with Crippen LogP contribution >= 0.6 is 0 Å². The van der Waals surface area contributed by atoms with E-state index in [1.54, 1.807) is 20.0 Å². The summed E-state index contributed by atoms with van der Waals surface area (Å²) in [6.07, 6.45) is 3.39. The van der Waals surface area contributed by atoms with Crippen molar-refractivity contribution in [3.63, 3.8) is 0 Å². The van der Waals surface area contributed by atoms with Crippen LogP contribution in [-0.4, -0.2) is 34.9 Å². The Morgan fingerprint density at radius 3 is 2.54 bits per heavy atom. The van der Waals surface area contributed by atoms with Crippen molar-refractivity contribution in [1.82, 2.24) is 4.90 Å². The predicted octanol–water partition coefficient (Wildman–Crippen LogP) is 5.39. The van der Waals surface area contributed by atoms with E-state index >= 15 is 0 Å². The second-order valence-corrected chi connectivity index (χ2v) is 7.14. The lowest BCUT2D eigenvalue weighted by Crippen LogP contribution is -2.27. The normalized spacial score (nSPS) is 10.7. The third-order valence-corrected chi connectivity index (χ3v) is 4.81. The number of rotatable bonds is 8. The van der Waals surface area contributed by atoms with Gasteiger partial charge in [-0.3, -0.25) is 0 Å². The first-order chi connectivity index (χ1) is 13.4. The van der Waals surface area contributed by atoms with E-state index in [9.17, 15) is 15.0 Å². The summed E-state index contributed by atoms with van der Waals surface area (Å²) in [7, 11) is 1.65. The fourth-order valence-corrected chi connectivity index (χ4v) is 3.33. The second-order valence-electron chi connectivity index (χ2n) is 7.14. The van der Waals surface area contributed by atoms with Crippen LogP contribution in [0.15, 0.2) is 30.3 Å². The molecule has 2 aromatic carbocycles. The van der Waals surface area contributed by atoms with Crippen LogP contribution in [0.4, 0.5) is 4.79 Å². The van der Waals surface area contributed by atoms with Gasteiger partial charge in [0.15, 0.2) is 0 Å². The SMILES string of the molecule is CCCCCc1cc(O)c(-c2cccc(C)c2)c(O)c1CN(C)C(=O)OCC. The number of unbranched alkanes of at least 4 members (excludes halogenated alkanes) is 2. The molecule has 2 aromatic rings. The molecule has 0 saturated heterocycles. The summed E-state index contributed by atoms with van der Waals surface area (Å²) in [4.78, 5) is 13.5. The van der Waals surface area contributed by atoms with Gasteiger partial charge < -0.3 is 19.8 Å². The summed E-state index contributed by atoms with van der Waals surface area (Å²) in [6.45, 7) is 6.36. The number of aromatic hydroxyl groups is 2. The van der Waals surface area contributed by atoms with Crippen LogP contribution in [0.25, 0.3) is 11.1 Å². The van der Waals surface area contributed by atoms with Crippen molar-refractivity contribution in [3.05, 3.63) is 47.0 Å². The van der Waals surface area contributed by atoms with Crippen LogP contribution in [0.3, 0.4) is 0 Å². The van der Waals surface area contributed by atoms with Gasteiger partial charge in [-0.2, -0.15) is 0 Å². The Hall–Kier alpha value is -2.69. The van der Waals surface area contributed by atoms with Crippen molar-refractivity contribution in [2.24, 2.45) is 0 Å². The smallest absolute Gasteiger partial charge is 0.409 e. The minimum Gasteiger partial charge on any atom is -0.507 e. The van der Waals surface area contributed by atoms with Crippen LogP contribution in [-0.2, 0) is 17.7 Å². The molecule has 152 valence electrons. The van der Waals surface area contributed by atoms with Crippen molar-refractivity contribution >= 4 is 6.09 Å². The van der Waals surface area contributed by atoms with E-state index in [2.05, 4.69) is 6.92 Å². The summed E-state index contributed by atoms with van der Waals surface area (Å²) in [6, 6.07) is 9.36. The number of aryl methyl sites for hydroxylation is 2. The fraction of sp³-hybridized carbons (Fsp3) is 0.435. The number of hydrogen-bond donors (Lipinski definition) is 2. The van der Waals surface area contributed by atoms with Gasteiger partial charge in [0, 0.05) is 12.6 Å². The summed E-state index contributed by atoms with van der Waals surface area (Å²) in [5, 5.41) is 21.7. The molecule has 0 unspecified atom stereocenters. The van der Waals surface area contributed by atoms with E-state index in [4.69, 9.17) is 4.74 Å². The van der Waals surface area contributed by atoms with Gasteiger partial charge in [-0.15, -0.1) is 0 Å². The number of amides is 1. The maximum atomic E-state index is 12.1. The largest absolute Gasteiger partial charge is 0.507 e. The Kier molecular flexibility index (Phi) is 7.73. The third-order valence-electron chi connectivity index (χ3n) is 4.81. The van der Waals surface area contributed by atoms with E-state index in [1.165, 1.54) is 4.90 Å². The van der Waals surface area contributed by atoms with Gasteiger partial charge in [-0.1, -0.05) is 49.6 Å². The maximum absolute atomic E-state index is 12.1. The standard InChI is InChI=1S/C23H31NO4/c1-5-7-8-11-17-14-20(25)21(18-12-9-10-16(3)13-18)22(26)19(17)15-24(4)23(27)28-6-2/h9-10,12-14,25-26H,5-8,11,15H2,1-4H3. The number of carbonyl (C=O) groups excluding carboxylic acids is 1. The molecule has 0 heterocycles. The first-order valence-electron chi connectivity index (χ1n) is 9.90. The lowest BCUT2D eigenvalue weighted by atomic mass is 9.92. The average molecular weight is 386 g/mol. The highest BCUT2D eigenvalue weighted by Crippen LogP contribution is 2.42. The van der Waals surface area contributed by atoms with Crippen molar-refractivity contribution < 1.29 is 19.7 Å². The van der Waals surface area contributed by atoms with Crippen molar-refractivity contribution in [2.45, 2.75) is 53.0 Å². The molecule has 0 radical (unpaired) electrons. The summed E-state index contributed by atoms with van der Waals surface area (Å²) < 4.78 is 5.06. The highest BCUT2D eigenvalue weighted by Gasteiger charge is 2.21. The Balaban J connectivity index is 2.50. The molecule has 2 rings (SSSR count). The zero-order valence-corrected chi connectivity index (χ0v) is 17.3. The fourth-order valence-electron chi connectivity index (χ4n) is 3.33. The Labute approximate surface area is 167 Å². The molecule has 5 heteroatoms. The molecule has 0 saturated carbocycles. The van der Waals surface area contributed by atoms with Gasteiger partial charge in [-0.25, -0.2) is 4.79 Å². The summed E-state index contributed by atoms with van der Waals surface area (Å²) in [5.74, 6) is 0.0744. The molecular weight excluding hydrogens is 354 g/mol.